The molecule has 0 aromatic heterocycles. The lowest BCUT2D eigenvalue weighted by molar-refractivity contribution is -0.400. The van der Waals surface area contributed by atoms with Gasteiger partial charge in [-0.25, -0.2) is 14.4 Å². The lowest BCUT2D eigenvalue weighted by Crippen LogP contribution is -2.69. The van der Waals surface area contributed by atoms with Crippen LogP contribution in [0.5, 0.6) is 0 Å². The van der Waals surface area contributed by atoms with Gasteiger partial charge in [0.15, 0.2) is 62.3 Å². The Hall–Kier alpha value is -2.75. The molecule has 7 rings (SSSR count). The second kappa shape index (κ2) is 23.9. The first kappa shape index (κ1) is 57.9. The Balaban J connectivity index is 1.18. The third-order valence-corrected chi connectivity index (χ3v) is 12.9. The van der Waals surface area contributed by atoms with E-state index in [0.29, 0.717) is 0 Å². The maximum absolute atomic E-state index is 13.0. The van der Waals surface area contributed by atoms with Crippen LogP contribution in [-0.2, 0) is 76.0 Å². The maximum atomic E-state index is 13.0. The molecule has 35 nitrogen and oxygen atoms in total. The summed E-state index contributed by atoms with van der Waals surface area (Å²) in [6.45, 7) is -2.75. The maximum Gasteiger partial charge on any atom is 0.335 e. The Morgan fingerprint density at radius 1 is 0.301 bits per heavy atom. The molecule has 0 spiro atoms. The molecule has 7 aliphatic rings. The van der Waals surface area contributed by atoms with Crippen molar-refractivity contribution >= 4 is 17.9 Å². The minimum Gasteiger partial charge on any atom is -0.479 e. The Kier molecular flexibility index (Phi) is 18.9. The predicted molar refractivity (Wildman–Crippen MR) is 209 cm³/mol. The first-order valence-corrected chi connectivity index (χ1v) is 22.3. The number of ether oxygens (including phenoxy) is 13. The van der Waals surface area contributed by atoms with E-state index < -0.39 is 235 Å². The lowest BCUT2D eigenvalue weighted by Gasteiger charge is -2.50. The van der Waals surface area contributed by atoms with Gasteiger partial charge in [0.1, 0.15) is 128 Å². The number of hydrogen-bond acceptors (Lipinski definition) is 32. The normalized spacial score (nSPS) is 52.0. The highest BCUT2D eigenvalue weighted by molar-refractivity contribution is 5.74. The van der Waals surface area contributed by atoms with E-state index in [1.54, 1.807) is 0 Å². The quantitative estimate of drug-likeness (QED) is 0.0724. The van der Waals surface area contributed by atoms with Gasteiger partial charge in [0.2, 0.25) is 0 Å². The van der Waals surface area contributed by atoms with Crippen LogP contribution < -0.4 is 0 Å². The van der Waals surface area contributed by atoms with E-state index in [-0.39, 0.29) is 0 Å². The zero-order valence-electron chi connectivity index (χ0n) is 37.3. The molecule has 0 aliphatic carbocycles. The van der Waals surface area contributed by atoms with Crippen molar-refractivity contribution in [2.24, 2.45) is 0 Å². The van der Waals surface area contributed by atoms with Crippen molar-refractivity contribution in [1.82, 2.24) is 0 Å². The molecule has 420 valence electrons. The van der Waals surface area contributed by atoms with Gasteiger partial charge in [0, 0.05) is 0 Å². The lowest BCUT2D eigenvalue weighted by atomic mass is 9.95. The highest BCUT2D eigenvalue weighted by Crippen LogP contribution is 2.37. The van der Waals surface area contributed by atoms with Crippen molar-refractivity contribution in [1.29, 1.82) is 0 Å². The largest absolute Gasteiger partial charge is 0.479 e. The minimum atomic E-state index is -2.63. The van der Waals surface area contributed by atoms with Gasteiger partial charge in [0.05, 0.1) is 26.4 Å². The summed E-state index contributed by atoms with van der Waals surface area (Å²) in [4.78, 5) is 37.1. The van der Waals surface area contributed by atoms with Crippen LogP contribution in [0, 0.1) is 0 Å². The van der Waals surface area contributed by atoms with E-state index in [9.17, 15) is 111 Å². The van der Waals surface area contributed by atoms with E-state index in [2.05, 4.69) is 0 Å². The van der Waals surface area contributed by atoms with Crippen molar-refractivity contribution in [2.75, 3.05) is 26.4 Å². The molecule has 7 aliphatic heterocycles. The third kappa shape index (κ3) is 12.0. The zero-order chi connectivity index (χ0) is 53.7. The van der Waals surface area contributed by atoms with Crippen LogP contribution >= 0.6 is 0 Å². The Bertz CT molecular complexity index is 1850. The molecule has 35 heteroatoms. The van der Waals surface area contributed by atoms with Gasteiger partial charge in [-0.3, -0.25) is 0 Å². The smallest absolute Gasteiger partial charge is 0.335 e. The Labute approximate surface area is 407 Å². The Morgan fingerprint density at radius 2 is 0.699 bits per heavy atom. The number of aliphatic hydroxyl groups is 16. The monoisotopic (exact) mass is 1070 g/mol. The molecule has 0 aromatic carbocycles. The molecule has 73 heavy (non-hydrogen) atoms. The van der Waals surface area contributed by atoms with Gasteiger partial charge in [-0.2, -0.15) is 0 Å². The van der Waals surface area contributed by atoms with E-state index in [1.165, 1.54) is 0 Å². The first-order chi connectivity index (χ1) is 34.3. The second-order valence-electron chi connectivity index (χ2n) is 17.9. The van der Waals surface area contributed by atoms with Gasteiger partial charge in [0.25, 0.3) is 0 Å². The topological polar surface area (TPSA) is 556 Å². The van der Waals surface area contributed by atoms with Crippen LogP contribution in [0.25, 0.3) is 0 Å². The molecule has 7 saturated heterocycles. The molecular weight excluding hydrogens is 1020 g/mol. The van der Waals surface area contributed by atoms with Crippen molar-refractivity contribution in [3.05, 3.63) is 0 Å². The van der Waals surface area contributed by atoms with Crippen LogP contribution in [0.1, 0.15) is 0 Å². The van der Waals surface area contributed by atoms with Gasteiger partial charge in [-0.1, -0.05) is 0 Å². The van der Waals surface area contributed by atoms with Gasteiger partial charge in [-0.15, -0.1) is 0 Å². The molecule has 0 bridgehead atoms. The van der Waals surface area contributed by atoms with E-state index in [0.717, 1.165) is 0 Å². The number of aliphatic hydroxyl groups excluding tert-OH is 16. The molecular formula is C38H58O35. The molecule has 31 atom stereocenters. The average Bonchev–Trinajstić information content (AvgIpc) is 3.34. The van der Waals surface area contributed by atoms with Crippen LogP contribution in [0.4, 0.5) is 0 Å². The molecule has 19 N–H and O–H groups in total. The fourth-order valence-corrected chi connectivity index (χ4v) is 8.71. The van der Waals surface area contributed by atoms with Crippen molar-refractivity contribution in [3.8, 4) is 0 Å². The second-order valence-corrected chi connectivity index (χ2v) is 17.9. The molecule has 1 unspecified atom stereocenters. The van der Waals surface area contributed by atoms with E-state index in [4.69, 9.17) is 61.6 Å². The molecule has 0 saturated carbocycles. The number of carbonyl (C=O) groups is 3. The minimum absolute atomic E-state index is 0.489. The standard InChI is InChI=1S/C38H58O35/c39-5-1-61-33(17(49)9(5)41)65-7-3-63-34(19(51)11(7)43)66-8-4-64-38(25(12(8)44)71-35-18(50)10(42)6(40)2-62-35)69-23-21(53)37(68-22-15(47)16(48)32(60)67-27(22)30(56)57)73-28(31(58)59)26(23)72-36-20(52)13(45)14(46)24(70-36)29(54)55/h5-28,32-53,60H,1-4H2,(H,54,55)(H,56,57)(H,58,59)/t5-,6-,7-,8-,9+,10+,11+,12+,13+,14-,15-,16-,17-,18-,19-,20-,21-,22-,23-,24+,25-,26-,27+,28+,32?,33+,34+,35+,36-,37+,38+/m1/s1. The average molecular weight is 1070 g/mol. The van der Waals surface area contributed by atoms with Crippen LogP contribution in [0.15, 0.2) is 0 Å². The van der Waals surface area contributed by atoms with Crippen molar-refractivity contribution < 1.29 is 173 Å². The molecule has 0 aromatic rings. The summed E-state index contributed by atoms with van der Waals surface area (Å²) < 4.78 is 71.4. The fourth-order valence-electron chi connectivity index (χ4n) is 8.71. The van der Waals surface area contributed by atoms with Crippen LogP contribution in [0.2, 0.25) is 0 Å². The highest BCUT2D eigenvalue weighted by Gasteiger charge is 2.60. The number of hydrogen-bond donors (Lipinski definition) is 19. The molecule has 7 fully saturated rings. The van der Waals surface area contributed by atoms with E-state index in [1.807, 2.05) is 0 Å². The predicted octanol–water partition coefficient (Wildman–Crippen LogP) is -13.4. The summed E-state index contributed by atoms with van der Waals surface area (Å²) in [5, 5.41) is 200. The molecule has 7 heterocycles. The zero-order valence-corrected chi connectivity index (χ0v) is 37.3. The van der Waals surface area contributed by atoms with Gasteiger partial charge in [-0.05, 0) is 0 Å². The summed E-state index contributed by atoms with van der Waals surface area (Å²) in [7, 11) is 0. The number of carboxylic acid groups (broad SMARTS) is 3. The highest BCUT2D eigenvalue weighted by atomic mass is 16.8. The van der Waals surface area contributed by atoms with Crippen molar-refractivity contribution in [3.63, 3.8) is 0 Å². The number of rotatable bonds is 15. The Morgan fingerprint density at radius 3 is 1.25 bits per heavy atom. The number of carboxylic acids is 3. The SMILES string of the molecule is O=C(O)[C@H]1O[C@H](O[C@@H]2[C@H](O[C@@H]3OC[C@@H](O[C@@H]4OC[C@@H](O[C@@H]5OC[C@@H](O)[C@H](O)[C@H]5O)[C@H](O)[C@H]4O)[C@H](O)[C@H]3O[C@@H]3OC[C@@H](O)[C@H](O)[C@H]3O)[C@@H](O)[C@@H](O[C@@H]3[C@H](O)[C@@H](O)C(O)O[C@@H]3C(=O)O)O[C@@H]2C(=O)O)[C@H](O)[C@@H](O)[C@H]1O. The summed E-state index contributed by atoms with van der Waals surface area (Å²) in [5.74, 6) is -5.97. The van der Waals surface area contributed by atoms with Gasteiger partial charge < -0.3 is 159 Å². The van der Waals surface area contributed by atoms with E-state index >= 15 is 0 Å². The van der Waals surface area contributed by atoms with Crippen LogP contribution in [-0.4, -0.2) is 332 Å². The molecule has 0 amide bonds. The van der Waals surface area contributed by atoms with Crippen molar-refractivity contribution in [2.45, 2.75) is 191 Å². The third-order valence-electron chi connectivity index (χ3n) is 12.9. The van der Waals surface area contributed by atoms with Gasteiger partial charge >= 0.3 is 17.9 Å². The first-order valence-electron chi connectivity index (χ1n) is 22.3. The molecule has 0 radical (unpaired) electrons. The van der Waals surface area contributed by atoms with Crippen LogP contribution in [0.3, 0.4) is 0 Å². The summed E-state index contributed by atoms with van der Waals surface area (Å²) in [6.07, 6.45) is -66.8. The summed E-state index contributed by atoms with van der Waals surface area (Å²) in [5.41, 5.74) is 0. The summed E-state index contributed by atoms with van der Waals surface area (Å²) >= 11 is 0. The fraction of sp³-hybridized carbons (Fsp3) is 0.921. The number of aliphatic carboxylic acids is 3. The summed E-state index contributed by atoms with van der Waals surface area (Å²) in [6, 6.07) is 0.